The monoisotopic (exact) mass is 291 g/mol. The Bertz CT molecular complexity index is 567. The van der Waals surface area contributed by atoms with E-state index in [0.717, 1.165) is 12.8 Å². The zero-order valence-electron chi connectivity index (χ0n) is 11.8. The number of amides is 1. The summed E-state index contributed by atoms with van der Waals surface area (Å²) >= 11 is 0. The van der Waals surface area contributed by atoms with E-state index in [0.29, 0.717) is 30.4 Å². The van der Waals surface area contributed by atoms with Crippen molar-refractivity contribution in [2.75, 3.05) is 18.5 Å². The Hall–Kier alpha value is -2.24. The highest BCUT2D eigenvalue weighted by Gasteiger charge is 2.33. The van der Waals surface area contributed by atoms with Gasteiger partial charge in [-0.2, -0.15) is 0 Å². The number of anilines is 1. The molecule has 1 fully saturated rings. The predicted octanol–water partition coefficient (Wildman–Crippen LogP) is 1.74. The normalized spacial score (nSPS) is 17.8. The Morgan fingerprint density at radius 1 is 1.24 bits per heavy atom. The maximum Gasteiger partial charge on any atom is 0.309 e. The standard InChI is InChI=1S/C15H17NO5/c1-9(21-15(18)10-2-3-10)14(17)16-11-4-5-12-13(8-11)20-7-6-19-12/h4-5,8-10H,2-3,6-7H2,1H3,(H,16,17)/t9-/m1/s1. The first-order valence-corrected chi connectivity index (χ1v) is 7.04. The van der Waals surface area contributed by atoms with Gasteiger partial charge in [-0.15, -0.1) is 0 Å². The molecule has 1 N–H and O–H groups in total. The number of hydrogen-bond donors (Lipinski definition) is 1. The first-order valence-electron chi connectivity index (χ1n) is 7.04. The van der Waals surface area contributed by atoms with Crippen molar-refractivity contribution in [3.05, 3.63) is 18.2 Å². The lowest BCUT2D eigenvalue weighted by atomic mass is 10.2. The summed E-state index contributed by atoms with van der Waals surface area (Å²) in [6.07, 6.45) is 0.899. The molecule has 1 aromatic rings. The van der Waals surface area contributed by atoms with Crippen LogP contribution < -0.4 is 14.8 Å². The lowest BCUT2D eigenvalue weighted by Gasteiger charge is -2.19. The Balaban J connectivity index is 1.59. The van der Waals surface area contributed by atoms with Crippen LogP contribution in [0.3, 0.4) is 0 Å². The van der Waals surface area contributed by atoms with E-state index in [2.05, 4.69) is 5.32 Å². The summed E-state index contributed by atoms with van der Waals surface area (Å²) in [5.41, 5.74) is 0.582. The van der Waals surface area contributed by atoms with Gasteiger partial charge in [0.05, 0.1) is 5.92 Å². The van der Waals surface area contributed by atoms with Gasteiger partial charge in [0.15, 0.2) is 17.6 Å². The molecule has 6 nitrogen and oxygen atoms in total. The lowest BCUT2D eigenvalue weighted by molar-refractivity contribution is -0.154. The van der Waals surface area contributed by atoms with Gasteiger partial charge in [0.25, 0.3) is 5.91 Å². The van der Waals surface area contributed by atoms with Gasteiger partial charge in [0.1, 0.15) is 13.2 Å². The molecule has 1 aliphatic carbocycles. The van der Waals surface area contributed by atoms with Gasteiger partial charge in [-0.25, -0.2) is 0 Å². The summed E-state index contributed by atoms with van der Waals surface area (Å²) in [5, 5.41) is 2.70. The average molecular weight is 291 g/mol. The SMILES string of the molecule is C[C@@H](OC(=O)C1CC1)C(=O)Nc1ccc2c(c1)OCCO2. The van der Waals surface area contributed by atoms with Gasteiger partial charge in [-0.05, 0) is 31.9 Å². The number of nitrogens with one attached hydrogen (secondary N) is 1. The molecule has 112 valence electrons. The third-order valence-electron chi connectivity index (χ3n) is 3.38. The first kappa shape index (κ1) is 13.7. The lowest BCUT2D eigenvalue weighted by Crippen LogP contribution is -2.30. The highest BCUT2D eigenvalue weighted by molar-refractivity contribution is 5.95. The van der Waals surface area contributed by atoms with E-state index >= 15 is 0 Å². The van der Waals surface area contributed by atoms with E-state index in [1.165, 1.54) is 0 Å². The molecule has 0 spiro atoms. The van der Waals surface area contributed by atoms with Crippen LogP contribution in [0.15, 0.2) is 18.2 Å². The molecule has 1 aliphatic heterocycles. The van der Waals surface area contributed by atoms with Gasteiger partial charge < -0.3 is 19.5 Å². The van der Waals surface area contributed by atoms with Crippen molar-refractivity contribution < 1.29 is 23.8 Å². The van der Waals surface area contributed by atoms with E-state index < -0.39 is 6.10 Å². The topological polar surface area (TPSA) is 73.9 Å². The van der Waals surface area contributed by atoms with Crippen molar-refractivity contribution in [2.45, 2.75) is 25.9 Å². The van der Waals surface area contributed by atoms with E-state index in [9.17, 15) is 9.59 Å². The molecule has 0 radical (unpaired) electrons. The van der Waals surface area contributed by atoms with Crippen molar-refractivity contribution in [1.82, 2.24) is 0 Å². The Morgan fingerprint density at radius 2 is 1.95 bits per heavy atom. The fraction of sp³-hybridized carbons (Fsp3) is 0.467. The summed E-state index contributed by atoms with van der Waals surface area (Å²) < 4.78 is 16.0. The second kappa shape index (κ2) is 5.63. The van der Waals surface area contributed by atoms with Gasteiger partial charge in [-0.3, -0.25) is 9.59 Å². The number of rotatable bonds is 4. The second-order valence-corrected chi connectivity index (χ2v) is 5.20. The van der Waals surface area contributed by atoms with Crippen LogP contribution in [0.4, 0.5) is 5.69 Å². The van der Waals surface area contributed by atoms with E-state index in [4.69, 9.17) is 14.2 Å². The van der Waals surface area contributed by atoms with Crippen LogP contribution in [-0.4, -0.2) is 31.2 Å². The largest absolute Gasteiger partial charge is 0.486 e. The maximum atomic E-state index is 12.0. The molecule has 2 aliphatic rings. The van der Waals surface area contributed by atoms with Crippen molar-refractivity contribution in [1.29, 1.82) is 0 Å². The third-order valence-corrected chi connectivity index (χ3v) is 3.38. The molecule has 21 heavy (non-hydrogen) atoms. The fourth-order valence-electron chi connectivity index (χ4n) is 2.01. The van der Waals surface area contributed by atoms with Crippen molar-refractivity contribution in [2.24, 2.45) is 5.92 Å². The molecule has 0 saturated heterocycles. The average Bonchev–Trinajstić information content (AvgIpc) is 3.31. The highest BCUT2D eigenvalue weighted by Crippen LogP contribution is 2.33. The molecule has 0 aromatic heterocycles. The minimum Gasteiger partial charge on any atom is -0.486 e. The van der Waals surface area contributed by atoms with Crippen molar-refractivity contribution in [3.63, 3.8) is 0 Å². The van der Waals surface area contributed by atoms with E-state index in [1.54, 1.807) is 25.1 Å². The summed E-state index contributed by atoms with van der Waals surface area (Å²) in [7, 11) is 0. The fourth-order valence-corrected chi connectivity index (χ4v) is 2.01. The van der Waals surface area contributed by atoms with Crippen molar-refractivity contribution >= 4 is 17.6 Å². The summed E-state index contributed by atoms with van der Waals surface area (Å²) in [4.78, 5) is 23.5. The number of carbonyl (C=O) groups excluding carboxylic acids is 2. The van der Waals surface area contributed by atoms with Gasteiger partial charge >= 0.3 is 5.97 Å². The molecule has 1 saturated carbocycles. The second-order valence-electron chi connectivity index (χ2n) is 5.20. The van der Waals surface area contributed by atoms with Gasteiger partial charge in [0.2, 0.25) is 0 Å². The molecule has 0 unspecified atom stereocenters. The molecular weight excluding hydrogens is 274 g/mol. The molecule has 6 heteroatoms. The van der Waals surface area contributed by atoms with Gasteiger partial charge in [0, 0.05) is 11.8 Å². The van der Waals surface area contributed by atoms with Crippen LogP contribution in [-0.2, 0) is 14.3 Å². The van der Waals surface area contributed by atoms with Crippen LogP contribution in [0, 0.1) is 5.92 Å². The van der Waals surface area contributed by atoms with Gasteiger partial charge in [-0.1, -0.05) is 0 Å². The first-order chi connectivity index (χ1) is 10.1. The van der Waals surface area contributed by atoms with Crippen LogP contribution in [0.5, 0.6) is 11.5 Å². The molecule has 1 amide bonds. The molecular formula is C15H17NO5. The molecule has 1 aromatic carbocycles. The predicted molar refractivity (Wildman–Crippen MR) is 74.3 cm³/mol. The highest BCUT2D eigenvalue weighted by atomic mass is 16.6. The molecule has 3 rings (SSSR count). The number of hydrogen-bond acceptors (Lipinski definition) is 5. The molecule has 1 heterocycles. The van der Waals surface area contributed by atoms with Crippen LogP contribution >= 0.6 is 0 Å². The number of esters is 1. The summed E-state index contributed by atoms with van der Waals surface area (Å²) in [6, 6.07) is 5.16. The maximum absolute atomic E-state index is 12.0. The van der Waals surface area contributed by atoms with Crippen molar-refractivity contribution in [3.8, 4) is 11.5 Å². The number of fused-ring (bicyclic) bond motifs is 1. The van der Waals surface area contributed by atoms with Crippen LogP contribution in [0.2, 0.25) is 0 Å². The minimum absolute atomic E-state index is 0.0189. The summed E-state index contributed by atoms with van der Waals surface area (Å²) in [6.45, 7) is 2.57. The Kier molecular flexibility index (Phi) is 3.68. The zero-order chi connectivity index (χ0) is 14.8. The number of carbonyl (C=O) groups is 2. The molecule has 0 bridgehead atoms. The number of ether oxygens (including phenoxy) is 3. The van der Waals surface area contributed by atoms with E-state index in [1.807, 2.05) is 0 Å². The van der Waals surface area contributed by atoms with Crippen LogP contribution in [0.25, 0.3) is 0 Å². The minimum atomic E-state index is -0.814. The molecule has 1 atom stereocenters. The number of benzene rings is 1. The smallest absolute Gasteiger partial charge is 0.309 e. The third kappa shape index (κ3) is 3.26. The quantitative estimate of drug-likeness (QED) is 0.855. The Morgan fingerprint density at radius 3 is 2.67 bits per heavy atom. The zero-order valence-corrected chi connectivity index (χ0v) is 11.8. The Labute approximate surface area is 122 Å². The van der Waals surface area contributed by atoms with E-state index in [-0.39, 0.29) is 17.8 Å². The summed E-state index contributed by atoms with van der Waals surface area (Å²) in [5.74, 6) is 0.587. The van der Waals surface area contributed by atoms with Crippen LogP contribution in [0.1, 0.15) is 19.8 Å².